The maximum absolute atomic E-state index is 11.0. The molecule has 0 unspecified atom stereocenters. The topological polar surface area (TPSA) is 55.8 Å². The van der Waals surface area contributed by atoms with E-state index in [1.807, 2.05) is 32.9 Å². The van der Waals surface area contributed by atoms with Crippen LogP contribution in [0.15, 0.2) is 12.1 Å². The Morgan fingerprint density at radius 1 is 1.28 bits per heavy atom. The van der Waals surface area contributed by atoms with E-state index >= 15 is 0 Å². The second kappa shape index (κ2) is 4.52. The summed E-state index contributed by atoms with van der Waals surface area (Å²) in [6.07, 6.45) is 0.0614. The van der Waals surface area contributed by atoms with Gasteiger partial charge in [-0.05, 0) is 12.5 Å². The molecule has 0 saturated carbocycles. The third kappa shape index (κ3) is 2.28. The number of hydrogen-bond acceptors (Lipinski definition) is 3. The van der Waals surface area contributed by atoms with Crippen LogP contribution in [-0.2, 0) is 10.2 Å². The summed E-state index contributed by atoms with van der Waals surface area (Å²) in [4.78, 5) is 11.0. The van der Waals surface area contributed by atoms with E-state index in [4.69, 9.17) is 14.6 Å². The van der Waals surface area contributed by atoms with Crippen LogP contribution in [0.5, 0.6) is 11.5 Å². The van der Waals surface area contributed by atoms with Gasteiger partial charge in [-0.25, -0.2) is 0 Å². The van der Waals surface area contributed by atoms with Gasteiger partial charge in [0.1, 0.15) is 13.2 Å². The molecule has 1 aliphatic heterocycles. The van der Waals surface area contributed by atoms with Gasteiger partial charge in [-0.15, -0.1) is 0 Å². The van der Waals surface area contributed by atoms with Gasteiger partial charge in [-0.1, -0.05) is 26.0 Å². The molecule has 2 rings (SSSR count). The zero-order valence-corrected chi connectivity index (χ0v) is 10.9. The lowest BCUT2D eigenvalue weighted by molar-refractivity contribution is -0.138. The summed E-state index contributed by atoms with van der Waals surface area (Å²) >= 11 is 0. The minimum absolute atomic E-state index is 0.0614. The molecule has 1 aromatic carbocycles. The van der Waals surface area contributed by atoms with Crippen LogP contribution in [0.2, 0.25) is 0 Å². The highest BCUT2D eigenvalue weighted by atomic mass is 16.6. The highest BCUT2D eigenvalue weighted by Crippen LogP contribution is 2.43. The summed E-state index contributed by atoms with van der Waals surface area (Å²) in [5.41, 5.74) is 1.43. The molecule has 1 aromatic rings. The number of carboxylic acids is 1. The number of aryl methyl sites for hydroxylation is 1. The number of rotatable bonds is 3. The van der Waals surface area contributed by atoms with Crippen molar-refractivity contribution in [3.8, 4) is 11.5 Å². The van der Waals surface area contributed by atoms with E-state index in [1.165, 1.54) is 0 Å². The number of carbonyl (C=O) groups is 1. The lowest BCUT2D eigenvalue weighted by atomic mass is 9.80. The van der Waals surface area contributed by atoms with Crippen molar-refractivity contribution in [1.29, 1.82) is 0 Å². The van der Waals surface area contributed by atoms with Crippen molar-refractivity contribution in [1.82, 2.24) is 0 Å². The van der Waals surface area contributed by atoms with Crippen molar-refractivity contribution in [2.45, 2.75) is 32.6 Å². The van der Waals surface area contributed by atoms with Gasteiger partial charge in [0.2, 0.25) is 0 Å². The maximum Gasteiger partial charge on any atom is 0.304 e. The van der Waals surface area contributed by atoms with Gasteiger partial charge in [0.15, 0.2) is 11.5 Å². The molecule has 0 saturated heterocycles. The number of benzene rings is 1. The lowest BCUT2D eigenvalue weighted by Crippen LogP contribution is -2.25. The molecule has 0 radical (unpaired) electrons. The Hall–Kier alpha value is -1.71. The number of fused-ring (bicyclic) bond motifs is 1. The quantitative estimate of drug-likeness (QED) is 0.895. The average molecular weight is 250 g/mol. The van der Waals surface area contributed by atoms with E-state index in [0.717, 1.165) is 16.9 Å². The summed E-state index contributed by atoms with van der Waals surface area (Å²) in [7, 11) is 0. The second-order valence-corrected chi connectivity index (χ2v) is 5.24. The minimum Gasteiger partial charge on any atom is -0.486 e. The zero-order valence-electron chi connectivity index (χ0n) is 10.9. The van der Waals surface area contributed by atoms with Crippen molar-refractivity contribution in [2.24, 2.45) is 0 Å². The molecule has 0 aromatic heterocycles. The van der Waals surface area contributed by atoms with Crippen molar-refractivity contribution in [2.75, 3.05) is 13.2 Å². The van der Waals surface area contributed by atoms with Crippen LogP contribution in [0.1, 0.15) is 31.4 Å². The normalized spacial score (nSPS) is 14.4. The van der Waals surface area contributed by atoms with Crippen molar-refractivity contribution in [3.63, 3.8) is 0 Å². The Morgan fingerprint density at radius 3 is 2.50 bits per heavy atom. The molecule has 0 spiro atoms. The van der Waals surface area contributed by atoms with Crippen LogP contribution in [0, 0.1) is 6.92 Å². The molecule has 4 heteroatoms. The first-order valence-electron chi connectivity index (χ1n) is 6.03. The van der Waals surface area contributed by atoms with Gasteiger partial charge in [-0.3, -0.25) is 4.79 Å². The zero-order chi connectivity index (χ0) is 13.3. The minimum atomic E-state index is -0.814. The van der Waals surface area contributed by atoms with E-state index < -0.39 is 11.4 Å². The molecule has 0 fully saturated rings. The fourth-order valence-electron chi connectivity index (χ4n) is 2.28. The Kier molecular flexibility index (Phi) is 3.20. The molecule has 0 bridgehead atoms. The van der Waals surface area contributed by atoms with Gasteiger partial charge in [0.25, 0.3) is 0 Å². The highest BCUT2D eigenvalue weighted by molar-refractivity contribution is 5.70. The fourth-order valence-corrected chi connectivity index (χ4v) is 2.28. The van der Waals surface area contributed by atoms with Crippen molar-refractivity contribution in [3.05, 3.63) is 23.3 Å². The average Bonchev–Trinajstić information content (AvgIpc) is 2.27. The molecular weight excluding hydrogens is 232 g/mol. The van der Waals surface area contributed by atoms with Crippen molar-refractivity contribution >= 4 is 5.97 Å². The summed E-state index contributed by atoms with van der Waals surface area (Å²) in [5, 5.41) is 9.00. The van der Waals surface area contributed by atoms with Crippen LogP contribution in [0.4, 0.5) is 0 Å². The van der Waals surface area contributed by atoms with Crippen LogP contribution >= 0.6 is 0 Å². The molecule has 0 atom stereocenters. The van der Waals surface area contributed by atoms with Gasteiger partial charge >= 0.3 is 5.97 Å². The third-order valence-electron chi connectivity index (χ3n) is 3.21. The smallest absolute Gasteiger partial charge is 0.304 e. The summed E-state index contributed by atoms with van der Waals surface area (Å²) in [6, 6.07) is 3.89. The van der Waals surface area contributed by atoms with Gasteiger partial charge in [0.05, 0.1) is 6.42 Å². The molecule has 1 heterocycles. The van der Waals surface area contributed by atoms with E-state index in [2.05, 4.69) is 0 Å². The second-order valence-electron chi connectivity index (χ2n) is 5.24. The molecule has 0 amide bonds. The summed E-state index contributed by atoms with van der Waals surface area (Å²) < 4.78 is 11.3. The molecule has 1 N–H and O–H groups in total. The molecule has 18 heavy (non-hydrogen) atoms. The Labute approximate surface area is 107 Å². The molecule has 4 nitrogen and oxygen atoms in total. The van der Waals surface area contributed by atoms with Gasteiger partial charge in [0, 0.05) is 11.0 Å². The van der Waals surface area contributed by atoms with Gasteiger partial charge < -0.3 is 14.6 Å². The van der Waals surface area contributed by atoms with Crippen molar-refractivity contribution < 1.29 is 19.4 Å². The first kappa shape index (κ1) is 12.7. The lowest BCUT2D eigenvalue weighted by Gasteiger charge is -2.30. The first-order valence-corrected chi connectivity index (χ1v) is 6.03. The van der Waals surface area contributed by atoms with Crippen LogP contribution < -0.4 is 9.47 Å². The van der Waals surface area contributed by atoms with E-state index in [0.29, 0.717) is 19.0 Å². The Balaban J connectivity index is 2.48. The van der Waals surface area contributed by atoms with E-state index in [9.17, 15) is 4.79 Å². The van der Waals surface area contributed by atoms with E-state index in [1.54, 1.807) is 0 Å². The van der Waals surface area contributed by atoms with Crippen LogP contribution in [-0.4, -0.2) is 24.3 Å². The largest absolute Gasteiger partial charge is 0.486 e. The van der Waals surface area contributed by atoms with Crippen LogP contribution in [0.25, 0.3) is 0 Å². The predicted octanol–water partition coefficient (Wildman–Crippen LogP) is 2.52. The Bertz CT molecular complexity index is 477. The SMILES string of the molecule is Cc1ccc(C(C)(C)CC(=O)O)c2c1OCCO2. The number of hydrogen-bond donors (Lipinski definition) is 1. The van der Waals surface area contributed by atoms with Crippen LogP contribution in [0.3, 0.4) is 0 Å². The molecule has 0 aliphatic carbocycles. The number of carboxylic acid groups (broad SMARTS) is 1. The third-order valence-corrected chi connectivity index (χ3v) is 3.21. The standard InChI is InChI=1S/C14H18O4/c1-9-4-5-10(14(2,3)8-11(15)16)13-12(9)17-6-7-18-13/h4-5H,6-8H2,1-3H3,(H,15,16). The molecule has 1 aliphatic rings. The number of ether oxygens (including phenoxy) is 2. The van der Waals surface area contributed by atoms with Gasteiger partial charge in [-0.2, -0.15) is 0 Å². The molecular formula is C14H18O4. The first-order chi connectivity index (χ1) is 8.42. The Morgan fingerprint density at radius 2 is 1.89 bits per heavy atom. The van der Waals surface area contributed by atoms with E-state index in [-0.39, 0.29) is 6.42 Å². The fraction of sp³-hybridized carbons (Fsp3) is 0.500. The molecule has 98 valence electrons. The monoisotopic (exact) mass is 250 g/mol. The summed E-state index contributed by atoms with van der Waals surface area (Å²) in [5.74, 6) is 0.635. The maximum atomic E-state index is 11.0. The number of aliphatic carboxylic acids is 1. The highest BCUT2D eigenvalue weighted by Gasteiger charge is 2.31. The summed E-state index contributed by atoms with van der Waals surface area (Å²) in [6.45, 7) is 6.82. The predicted molar refractivity (Wildman–Crippen MR) is 67.4 cm³/mol.